The van der Waals surface area contributed by atoms with E-state index in [1.54, 1.807) is 0 Å². The van der Waals surface area contributed by atoms with Crippen LogP contribution in [-0.2, 0) is 6.18 Å². The maximum atomic E-state index is 12.6. The Balaban J connectivity index is 2.66. The first-order valence-electron chi connectivity index (χ1n) is 5.76. The number of carboxylic acids is 1. The molecule has 0 aliphatic carbocycles. The molecule has 0 aliphatic heterocycles. The molecular weight excluding hydrogens is 307 g/mol. The lowest BCUT2D eigenvalue weighted by molar-refractivity contribution is -0.384. The summed E-state index contributed by atoms with van der Waals surface area (Å²) in [6, 6.07) is 1.98. The minimum absolute atomic E-state index is 0.0651. The van der Waals surface area contributed by atoms with Crippen molar-refractivity contribution in [2.75, 3.05) is 0 Å². The van der Waals surface area contributed by atoms with E-state index in [-0.39, 0.29) is 17.1 Å². The summed E-state index contributed by atoms with van der Waals surface area (Å²) in [5.74, 6) is -1.34. The minimum Gasteiger partial charge on any atom is -0.476 e. The quantitative estimate of drug-likeness (QED) is 0.693. The first-order chi connectivity index (χ1) is 10.1. The fourth-order valence-corrected chi connectivity index (χ4v) is 1.91. The van der Waals surface area contributed by atoms with Gasteiger partial charge >= 0.3 is 12.1 Å². The Kier molecular flexibility index (Phi) is 3.61. The van der Waals surface area contributed by atoms with Crippen molar-refractivity contribution in [3.05, 3.63) is 51.6 Å². The Bertz CT molecular complexity index is 767. The summed E-state index contributed by atoms with van der Waals surface area (Å²) < 4.78 is 39.0. The molecule has 0 unspecified atom stereocenters. The largest absolute Gasteiger partial charge is 0.476 e. The van der Waals surface area contributed by atoms with Gasteiger partial charge in [-0.05, 0) is 19.1 Å². The molecule has 0 saturated heterocycles. The predicted molar refractivity (Wildman–Crippen MR) is 66.9 cm³/mol. The van der Waals surface area contributed by atoms with Gasteiger partial charge in [-0.15, -0.1) is 0 Å². The monoisotopic (exact) mass is 315 g/mol. The second kappa shape index (κ2) is 5.13. The highest BCUT2D eigenvalue weighted by Crippen LogP contribution is 2.34. The number of hydrogen-bond donors (Lipinski definition) is 1. The highest BCUT2D eigenvalue weighted by Gasteiger charge is 2.33. The summed E-state index contributed by atoms with van der Waals surface area (Å²) in [5.41, 5.74) is -2.44. The molecule has 2 aromatic rings. The molecular formula is C12H8F3N3O4. The maximum absolute atomic E-state index is 12.6. The molecule has 2 rings (SSSR count). The van der Waals surface area contributed by atoms with Gasteiger partial charge in [-0.2, -0.15) is 13.2 Å². The molecule has 0 fully saturated rings. The number of carboxylic acid groups (broad SMARTS) is 1. The second-order valence-electron chi connectivity index (χ2n) is 4.31. The standard InChI is InChI=1S/C12H8F3N3O4/c1-6-10(11(19)20)16-5-17(6)8-3-2-7(12(13,14)15)4-9(8)18(21)22/h2-5H,1H3,(H,19,20). The van der Waals surface area contributed by atoms with E-state index in [4.69, 9.17) is 5.11 Å². The fraction of sp³-hybridized carbons (Fsp3) is 0.167. The van der Waals surface area contributed by atoms with Gasteiger partial charge in [0.2, 0.25) is 0 Å². The van der Waals surface area contributed by atoms with Crippen molar-refractivity contribution in [1.82, 2.24) is 9.55 Å². The van der Waals surface area contributed by atoms with Gasteiger partial charge in [-0.1, -0.05) is 0 Å². The molecule has 10 heteroatoms. The summed E-state index contributed by atoms with van der Waals surface area (Å²) in [6.45, 7) is 1.35. The number of alkyl halides is 3. The lowest BCUT2D eigenvalue weighted by Crippen LogP contribution is -2.08. The molecule has 116 valence electrons. The van der Waals surface area contributed by atoms with Crippen LogP contribution in [0.25, 0.3) is 5.69 Å². The van der Waals surface area contributed by atoms with Crippen molar-refractivity contribution in [2.24, 2.45) is 0 Å². The van der Waals surface area contributed by atoms with Gasteiger partial charge in [0.25, 0.3) is 5.69 Å². The molecule has 0 atom stereocenters. The van der Waals surface area contributed by atoms with E-state index < -0.39 is 28.3 Å². The van der Waals surface area contributed by atoms with Gasteiger partial charge < -0.3 is 5.11 Å². The van der Waals surface area contributed by atoms with Crippen LogP contribution < -0.4 is 0 Å². The Morgan fingerprint density at radius 1 is 1.41 bits per heavy atom. The Morgan fingerprint density at radius 3 is 2.50 bits per heavy atom. The first kappa shape index (κ1) is 15.5. The maximum Gasteiger partial charge on any atom is 0.416 e. The van der Waals surface area contributed by atoms with E-state index in [2.05, 4.69) is 4.98 Å². The fourth-order valence-electron chi connectivity index (χ4n) is 1.91. The number of aromatic carboxylic acids is 1. The van der Waals surface area contributed by atoms with Crippen LogP contribution in [0, 0.1) is 17.0 Å². The van der Waals surface area contributed by atoms with Gasteiger partial charge in [0.1, 0.15) is 12.0 Å². The molecule has 0 aliphatic rings. The van der Waals surface area contributed by atoms with E-state index in [1.807, 2.05) is 0 Å². The SMILES string of the molecule is Cc1c(C(=O)O)ncn1-c1ccc(C(F)(F)F)cc1[N+](=O)[O-]. The normalized spacial score (nSPS) is 11.5. The topological polar surface area (TPSA) is 98.3 Å². The zero-order valence-corrected chi connectivity index (χ0v) is 11.0. The molecule has 0 saturated carbocycles. The number of carbonyl (C=O) groups is 1. The highest BCUT2D eigenvalue weighted by molar-refractivity contribution is 5.86. The number of imidazole rings is 1. The number of nitrogens with zero attached hydrogens (tertiary/aromatic N) is 3. The van der Waals surface area contributed by atoms with Gasteiger partial charge in [0.15, 0.2) is 5.69 Å². The summed E-state index contributed by atoms with van der Waals surface area (Å²) in [4.78, 5) is 24.5. The van der Waals surface area contributed by atoms with Gasteiger partial charge in [-0.3, -0.25) is 14.7 Å². The molecule has 1 aromatic heterocycles. The van der Waals surface area contributed by atoms with Gasteiger partial charge in [0.05, 0.1) is 16.2 Å². The number of halogens is 3. The van der Waals surface area contributed by atoms with Crippen LogP contribution in [0.2, 0.25) is 0 Å². The molecule has 0 bridgehead atoms. The molecule has 0 spiro atoms. The summed E-state index contributed by atoms with van der Waals surface area (Å²) in [7, 11) is 0. The zero-order valence-electron chi connectivity index (χ0n) is 11.0. The lowest BCUT2D eigenvalue weighted by atomic mass is 10.1. The predicted octanol–water partition coefficient (Wildman–Crippen LogP) is 2.81. The molecule has 22 heavy (non-hydrogen) atoms. The number of nitro groups is 1. The average Bonchev–Trinajstić information content (AvgIpc) is 2.78. The zero-order chi connectivity index (χ0) is 16.7. The van der Waals surface area contributed by atoms with E-state index in [0.717, 1.165) is 17.0 Å². The number of nitro benzene ring substituents is 1. The molecule has 1 heterocycles. The number of rotatable bonds is 3. The molecule has 0 amide bonds. The smallest absolute Gasteiger partial charge is 0.416 e. The molecule has 1 N–H and O–H groups in total. The van der Waals surface area contributed by atoms with Crippen molar-refractivity contribution < 1.29 is 28.0 Å². The van der Waals surface area contributed by atoms with Crippen LogP contribution in [-0.4, -0.2) is 25.6 Å². The van der Waals surface area contributed by atoms with Gasteiger partial charge in [-0.25, -0.2) is 9.78 Å². The average molecular weight is 315 g/mol. The summed E-state index contributed by atoms with van der Waals surface area (Å²) in [6.07, 6.45) is -3.71. The van der Waals surface area contributed by atoms with Crippen LogP contribution in [0.5, 0.6) is 0 Å². The third kappa shape index (κ3) is 2.62. The number of benzene rings is 1. The van der Waals surface area contributed by atoms with E-state index in [9.17, 15) is 28.1 Å². The molecule has 7 nitrogen and oxygen atoms in total. The van der Waals surface area contributed by atoms with Crippen molar-refractivity contribution in [2.45, 2.75) is 13.1 Å². The minimum atomic E-state index is -4.72. The highest BCUT2D eigenvalue weighted by atomic mass is 19.4. The molecule has 1 aromatic carbocycles. The van der Waals surface area contributed by atoms with Crippen molar-refractivity contribution in [3.8, 4) is 5.69 Å². The Morgan fingerprint density at radius 2 is 2.05 bits per heavy atom. The third-order valence-corrected chi connectivity index (χ3v) is 2.97. The van der Waals surface area contributed by atoms with E-state index in [1.165, 1.54) is 6.92 Å². The lowest BCUT2D eigenvalue weighted by Gasteiger charge is -2.10. The first-order valence-corrected chi connectivity index (χ1v) is 5.76. The molecule has 0 radical (unpaired) electrons. The van der Waals surface area contributed by atoms with Crippen LogP contribution in [0.15, 0.2) is 24.5 Å². The number of aromatic nitrogens is 2. The number of hydrogen-bond acceptors (Lipinski definition) is 4. The van der Waals surface area contributed by atoms with Crippen molar-refractivity contribution in [1.29, 1.82) is 0 Å². The van der Waals surface area contributed by atoms with Crippen molar-refractivity contribution in [3.63, 3.8) is 0 Å². The van der Waals surface area contributed by atoms with Crippen LogP contribution in [0.3, 0.4) is 0 Å². The van der Waals surface area contributed by atoms with Crippen molar-refractivity contribution >= 4 is 11.7 Å². The van der Waals surface area contributed by atoms with Gasteiger partial charge in [0, 0.05) is 6.07 Å². The summed E-state index contributed by atoms with van der Waals surface area (Å²) >= 11 is 0. The van der Waals surface area contributed by atoms with E-state index >= 15 is 0 Å². The third-order valence-electron chi connectivity index (χ3n) is 2.97. The Hall–Kier alpha value is -2.91. The Labute approximate surface area is 120 Å². The second-order valence-corrected chi connectivity index (χ2v) is 4.31. The summed E-state index contributed by atoms with van der Waals surface area (Å²) in [5, 5.41) is 19.9. The van der Waals surface area contributed by atoms with Crippen LogP contribution in [0.4, 0.5) is 18.9 Å². The van der Waals surface area contributed by atoms with E-state index in [0.29, 0.717) is 12.1 Å². The van der Waals surface area contributed by atoms with Crippen LogP contribution in [0.1, 0.15) is 21.7 Å². The van der Waals surface area contributed by atoms with Crippen LogP contribution >= 0.6 is 0 Å².